The van der Waals surface area contributed by atoms with Gasteiger partial charge in [-0.3, -0.25) is 9.59 Å². The lowest BCUT2D eigenvalue weighted by Crippen LogP contribution is -2.57. The van der Waals surface area contributed by atoms with Gasteiger partial charge in [0.25, 0.3) is 0 Å². The second kappa shape index (κ2) is 12.9. The minimum atomic E-state index is -0.786. The number of primary amides is 1. The van der Waals surface area contributed by atoms with E-state index in [2.05, 4.69) is 5.32 Å². The van der Waals surface area contributed by atoms with E-state index in [4.69, 9.17) is 15.2 Å². The third-order valence-corrected chi connectivity index (χ3v) is 5.53. The molecule has 3 N–H and O–H groups in total. The van der Waals surface area contributed by atoms with Crippen molar-refractivity contribution in [1.82, 2.24) is 10.2 Å². The predicted octanol–water partition coefficient (Wildman–Crippen LogP) is 2.70. The van der Waals surface area contributed by atoms with Crippen molar-refractivity contribution >= 4 is 17.9 Å². The molecule has 0 saturated carbocycles. The van der Waals surface area contributed by atoms with Gasteiger partial charge in [0.2, 0.25) is 11.8 Å². The normalized spacial score (nSPS) is 14.9. The first-order chi connectivity index (χ1) is 14.6. The van der Waals surface area contributed by atoms with E-state index in [9.17, 15) is 14.4 Å². The number of carbonyl (C=O) groups excluding carboxylic acids is 3. The molecule has 0 aliphatic carbocycles. The van der Waals surface area contributed by atoms with Crippen LogP contribution in [0.4, 0.5) is 4.79 Å². The van der Waals surface area contributed by atoms with Crippen LogP contribution in [0.3, 0.4) is 0 Å². The largest absolute Gasteiger partial charge is 0.445 e. The number of likely N-dealkylation sites (N-methyl/N-ethyl adjacent to an activating group) is 1. The van der Waals surface area contributed by atoms with Crippen molar-refractivity contribution in [2.45, 2.75) is 65.3 Å². The molecule has 31 heavy (non-hydrogen) atoms. The lowest BCUT2D eigenvalue weighted by atomic mass is 9.90. The summed E-state index contributed by atoms with van der Waals surface area (Å²) in [6.07, 6.45) is -0.425. The zero-order chi connectivity index (χ0) is 23.6. The van der Waals surface area contributed by atoms with Crippen LogP contribution in [0.2, 0.25) is 0 Å². The summed E-state index contributed by atoms with van der Waals surface area (Å²) in [5.74, 6) is -0.891. The Kier molecular flexibility index (Phi) is 11.0. The van der Waals surface area contributed by atoms with Crippen LogP contribution < -0.4 is 11.1 Å². The van der Waals surface area contributed by atoms with Gasteiger partial charge in [0.15, 0.2) is 0 Å². The van der Waals surface area contributed by atoms with Crippen molar-refractivity contribution in [1.29, 1.82) is 0 Å². The molecule has 0 spiro atoms. The molecular formula is C23H37N3O5. The van der Waals surface area contributed by atoms with Crippen LogP contribution >= 0.6 is 0 Å². The van der Waals surface area contributed by atoms with E-state index >= 15 is 0 Å². The SMILES string of the molecule is CC[C@H](C)[C@@H]([C@@H](CC(N)=O)OC)N(C)C(=O)[C@@H](NC(=O)OCc1ccccc1)C(C)C. The van der Waals surface area contributed by atoms with E-state index in [1.54, 1.807) is 11.9 Å². The lowest BCUT2D eigenvalue weighted by Gasteiger charge is -2.39. The number of benzene rings is 1. The Morgan fingerprint density at radius 2 is 1.74 bits per heavy atom. The molecule has 8 heteroatoms. The highest BCUT2D eigenvalue weighted by Crippen LogP contribution is 2.23. The molecule has 4 atom stereocenters. The number of nitrogens with zero attached hydrogens (tertiary/aromatic N) is 1. The van der Waals surface area contributed by atoms with Gasteiger partial charge in [-0.2, -0.15) is 0 Å². The third kappa shape index (κ3) is 8.20. The van der Waals surface area contributed by atoms with Crippen LogP contribution in [-0.4, -0.2) is 55.2 Å². The number of amides is 3. The molecule has 1 aromatic carbocycles. The summed E-state index contributed by atoms with van der Waals surface area (Å²) >= 11 is 0. The molecule has 0 saturated heterocycles. The predicted molar refractivity (Wildman–Crippen MR) is 119 cm³/mol. The topological polar surface area (TPSA) is 111 Å². The summed E-state index contributed by atoms with van der Waals surface area (Å²) in [7, 11) is 3.17. The zero-order valence-electron chi connectivity index (χ0n) is 19.5. The van der Waals surface area contributed by atoms with Gasteiger partial charge >= 0.3 is 6.09 Å². The minimum absolute atomic E-state index is 0.00200. The Morgan fingerprint density at radius 1 is 1.13 bits per heavy atom. The molecule has 0 fully saturated rings. The Hall–Kier alpha value is -2.61. The van der Waals surface area contributed by atoms with E-state index in [0.29, 0.717) is 0 Å². The zero-order valence-corrected chi connectivity index (χ0v) is 19.5. The number of nitrogens with one attached hydrogen (secondary N) is 1. The molecule has 1 rings (SSSR count). The molecule has 8 nitrogen and oxygen atoms in total. The first-order valence-electron chi connectivity index (χ1n) is 10.7. The summed E-state index contributed by atoms with van der Waals surface area (Å²) in [4.78, 5) is 38.8. The van der Waals surface area contributed by atoms with E-state index in [1.165, 1.54) is 7.11 Å². The maximum Gasteiger partial charge on any atom is 0.408 e. The van der Waals surface area contributed by atoms with Gasteiger partial charge in [-0.15, -0.1) is 0 Å². The monoisotopic (exact) mass is 435 g/mol. The highest BCUT2D eigenvalue weighted by Gasteiger charge is 2.37. The van der Waals surface area contributed by atoms with Crippen molar-refractivity contribution in [3.63, 3.8) is 0 Å². The van der Waals surface area contributed by atoms with Crippen LogP contribution in [0.25, 0.3) is 0 Å². The number of carbonyl (C=O) groups is 3. The maximum absolute atomic E-state index is 13.3. The Morgan fingerprint density at radius 3 is 2.23 bits per heavy atom. The molecule has 0 unspecified atom stereocenters. The average Bonchev–Trinajstić information content (AvgIpc) is 2.74. The fourth-order valence-electron chi connectivity index (χ4n) is 3.55. The lowest BCUT2D eigenvalue weighted by molar-refractivity contribution is -0.141. The van der Waals surface area contributed by atoms with E-state index < -0.39 is 24.1 Å². The Balaban J connectivity index is 2.94. The number of rotatable bonds is 12. The third-order valence-electron chi connectivity index (χ3n) is 5.53. The molecule has 0 heterocycles. The molecule has 174 valence electrons. The number of ether oxygens (including phenoxy) is 2. The average molecular weight is 436 g/mol. The van der Waals surface area contributed by atoms with Gasteiger partial charge in [-0.05, 0) is 17.4 Å². The number of nitrogens with two attached hydrogens (primary N) is 1. The first-order valence-corrected chi connectivity index (χ1v) is 10.7. The van der Waals surface area contributed by atoms with Gasteiger partial charge in [-0.25, -0.2) is 4.79 Å². The van der Waals surface area contributed by atoms with Crippen LogP contribution in [-0.2, 0) is 25.7 Å². The Labute approximate surface area is 185 Å². The fourth-order valence-corrected chi connectivity index (χ4v) is 3.55. The summed E-state index contributed by atoms with van der Waals surface area (Å²) in [5, 5.41) is 2.69. The molecule has 3 amide bonds. The van der Waals surface area contributed by atoms with E-state index in [1.807, 2.05) is 58.0 Å². The first kappa shape index (κ1) is 26.4. The molecular weight excluding hydrogens is 398 g/mol. The van der Waals surface area contributed by atoms with Crippen molar-refractivity contribution in [2.24, 2.45) is 17.6 Å². The molecule has 1 aromatic rings. The summed E-state index contributed by atoms with van der Waals surface area (Å²) in [5.41, 5.74) is 6.24. The molecule has 0 aromatic heterocycles. The van der Waals surface area contributed by atoms with Crippen LogP contribution in [0.1, 0.15) is 46.1 Å². The maximum atomic E-state index is 13.3. The molecule has 0 bridgehead atoms. The van der Waals surface area contributed by atoms with Crippen molar-refractivity contribution < 1.29 is 23.9 Å². The fraction of sp³-hybridized carbons (Fsp3) is 0.609. The molecule has 0 radical (unpaired) electrons. The van der Waals surface area contributed by atoms with Gasteiger partial charge in [0.05, 0.1) is 18.6 Å². The number of methoxy groups -OCH3 is 1. The van der Waals surface area contributed by atoms with Gasteiger partial charge < -0.3 is 25.4 Å². The number of hydrogen-bond acceptors (Lipinski definition) is 5. The van der Waals surface area contributed by atoms with Crippen molar-refractivity contribution in [3.8, 4) is 0 Å². The van der Waals surface area contributed by atoms with Crippen LogP contribution in [0.5, 0.6) is 0 Å². The quantitative estimate of drug-likeness (QED) is 0.524. The van der Waals surface area contributed by atoms with Crippen LogP contribution in [0, 0.1) is 11.8 Å². The summed E-state index contributed by atoms with van der Waals surface area (Å²) in [6.45, 7) is 7.81. The van der Waals surface area contributed by atoms with E-state index in [0.717, 1.165) is 12.0 Å². The Bertz CT molecular complexity index is 710. The second-order valence-corrected chi connectivity index (χ2v) is 8.20. The minimum Gasteiger partial charge on any atom is -0.445 e. The summed E-state index contributed by atoms with van der Waals surface area (Å²) in [6, 6.07) is 8.15. The standard InChI is InChI=1S/C23H37N3O5/c1-7-16(4)21(18(30-6)13-19(24)27)26(5)22(28)20(15(2)3)25-23(29)31-14-17-11-9-8-10-12-17/h8-12,15-16,18,20-21H,7,13-14H2,1-6H3,(H2,24,27)(H,25,29)/t16-,18+,20-,21-/m0/s1. The number of hydrogen-bond donors (Lipinski definition) is 2. The van der Waals surface area contributed by atoms with Crippen molar-refractivity contribution in [2.75, 3.05) is 14.2 Å². The molecule has 0 aliphatic heterocycles. The van der Waals surface area contributed by atoms with Crippen molar-refractivity contribution in [3.05, 3.63) is 35.9 Å². The smallest absolute Gasteiger partial charge is 0.408 e. The highest BCUT2D eigenvalue weighted by atomic mass is 16.5. The van der Waals surface area contributed by atoms with Crippen LogP contribution in [0.15, 0.2) is 30.3 Å². The van der Waals surface area contributed by atoms with Gasteiger partial charge in [-0.1, -0.05) is 64.4 Å². The highest BCUT2D eigenvalue weighted by molar-refractivity contribution is 5.86. The van der Waals surface area contributed by atoms with Gasteiger partial charge in [0.1, 0.15) is 12.6 Å². The number of alkyl carbamates (subject to hydrolysis) is 1. The van der Waals surface area contributed by atoms with E-state index in [-0.39, 0.29) is 36.8 Å². The molecule has 0 aliphatic rings. The van der Waals surface area contributed by atoms with Gasteiger partial charge in [0, 0.05) is 14.2 Å². The summed E-state index contributed by atoms with van der Waals surface area (Å²) < 4.78 is 10.8. The second-order valence-electron chi connectivity index (χ2n) is 8.20.